The van der Waals surface area contributed by atoms with Crippen LogP contribution >= 0.6 is 0 Å². The summed E-state index contributed by atoms with van der Waals surface area (Å²) in [5.74, 6) is 0.812. The summed E-state index contributed by atoms with van der Waals surface area (Å²) >= 11 is 0. The number of benzene rings is 6. The zero-order chi connectivity index (χ0) is 31.6. The number of aliphatic imine (C=N–C) groups is 1. The summed E-state index contributed by atoms with van der Waals surface area (Å²) in [6.45, 7) is 0. The van der Waals surface area contributed by atoms with E-state index >= 15 is 0 Å². The van der Waals surface area contributed by atoms with E-state index in [-0.39, 0.29) is 12.3 Å². The van der Waals surface area contributed by atoms with Crippen LogP contribution in [0, 0.1) is 0 Å². The molecule has 9 aromatic rings. The van der Waals surface area contributed by atoms with E-state index in [0.717, 1.165) is 88.4 Å². The van der Waals surface area contributed by atoms with Crippen LogP contribution in [0.3, 0.4) is 0 Å². The largest absolute Gasteiger partial charge is 0.456 e. The molecule has 48 heavy (non-hydrogen) atoms. The quantitative estimate of drug-likeness (QED) is 0.205. The van der Waals surface area contributed by atoms with Crippen molar-refractivity contribution in [2.75, 3.05) is 0 Å². The van der Waals surface area contributed by atoms with Gasteiger partial charge in [0.2, 0.25) is 0 Å². The fourth-order valence-corrected chi connectivity index (χ4v) is 7.23. The second-order valence-electron chi connectivity index (χ2n) is 12.2. The minimum absolute atomic E-state index is 0.183. The summed E-state index contributed by atoms with van der Waals surface area (Å²) in [5, 5.41) is 13.0. The topological polar surface area (TPSA) is 75.6 Å². The first kappa shape index (κ1) is 26.9. The van der Waals surface area contributed by atoms with E-state index in [4.69, 9.17) is 18.8 Å². The number of rotatable bonds is 4. The van der Waals surface area contributed by atoms with Crippen LogP contribution in [-0.4, -0.2) is 10.8 Å². The lowest BCUT2D eigenvalue weighted by Crippen LogP contribution is -2.45. The van der Waals surface area contributed by atoms with Gasteiger partial charge in [0.05, 0.1) is 5.39 Å². The van der Waals surface area contributed by atoms with Crippen LogP contribution < -0.4 is 10.6 Å². The number of para-hydroxylation sites is 1. The number of amidine groups is 1. The van der Waals surface area contributed by atoms with Crippen LogP contribution in [-0.2, 0) is 0 Å². The molecule has 0 saturated heterocycles. The number of nitrogens with one attached hydrogen (secondary N) is 2. The molecule has 6 nitrogen and oxygen atoms in total. The Balaban J connectivity index is 1.20. The van der Waals surface area contributed by atoms with Gasteiger partial charge in [0.15, 0.2) is 5.58 Å². The van der Waals surface area contributed by atoms with Crippen molar-refractivity contribution in [1.29, 1.82) is 0 Å². The first-order chi connectivity index (χ1) is 23.8. The van der Waals surface area contributed by atoms with Crippen LogP contribution in [0.1, 0.15) is 29.0 Å². The molecule has 4 heterocycles. The molecule has 0 radical (unpaired) electrons. The maximum atomic E-state index is 6.27. The van der Waals surface area contributed by atoms with Crippen LogP contribution in [0.25, 0.3) is 65.9 Å². The summed E-state index contributed by atoms with van der Waals surface area (Å²) in [6.07, 6.45) is 1.30. The monoisotopic (exact) mass is 620 g/mol. The number of fused-ring (bicyclic) bond motifs is 7. The lowest BCUT2D eigenvalue weighted by Gasteiger charge is -2.32. The predicted molar refractivity (Wildman–Crippen MR) is 193 cm³/mol. The number of pyridine rings is 1. The van der Waals surface area contributed by atoms with Gasteiger partial charge in [-0.15, -0.1) is 0 Å². The molecule has 2 N–H and O–H groups in total. The van der Waals surface area contributed by atoms with Gasteiger partial charge < -0.3 is 14.2 Å². The van der Waals surface area contributed by atoms with Gasteiger partial charge in [0.25, 0.3) is 0 Å². The molecule has 0 aliphatic carbocycles. The first-order valence-electron chi connectivity index (χ1n) is 16.1. The molecular weight excluding hydrogens is 592 g/mol. The van der Waals surface area contributed by atoms with Crippen molar-refractivity contribution in [2.45, 2.75) is 12.3 Å². The average molecular weight is 621 g/mol. The summed E-state index contributed by atoms with van der Waals surface area (Å²) in [4.78, 5) is 10.1. The number of aromatic nitrogens is 1. The third-order valence-corrected chi connectivity index (χ3v) is 9.40. The molecule has 2 unspecified atom stereocenters. The molecule has 6 aromatic carbocycles. The SMILES string of the molecule is c1ccc(C2NC(c3cccc4oc5ccccc5c34)=NC(c3cc(-c4cccc5oc6cccnc6c45)c4ccccc4c3)N2)cc1. The number of hydrogen-bond donors (Lipinski definition) is 2. The zero-order valence-electron chi connectivity index (χ0n) is 25.7. The molecule has 0 spiro atoms. The summed E-state index contributed by atoms with van der Waals surface area (Å²) < 4.78 is 12.5. The molecular formula is C42H28N4O2. The van der Waals surface area contributed by atoms with Crippen molar-refractivity contribution in [3.8, 4) is 11.1 Å². The highest BCUT2D eigenvalue weighted by molar-refractivity contribution is 6.18. The number of hydrogen-bond acceptors (Lipinski definition) is 6. The molecule has 2 atom stereocenters. The van der Waals surface area contributed by atoms with Gasteiger partial charge in [-0.2, -0.15) is 0 Å². The van der Waals surface area contributed by atoms with Crippen molar-refractivity contribution in [3.63, 3.8) is 0 Å². The molecule has 6 heteroatoms. The van der Waals surface area contributed by atoms with Crippen molar-refractivity contribution in [2.24, 2.45) is 4.99 Å². The summed E-state index contributed by atoms with van der Waals surface area (Å²) in [5.41, 5.74) is 9.54. The van der Waals surface area contributed by atoms with Crippen molar-refractivity contribution in [1.82, 2.24) is 15.6 Å². The predicted octanol–water partition coefficient (Wildman–Crippen LogP) is 10.0. The van der Waals surface area contributed by atoms with Crippen LogP contribution in [0.5, 0.6) is 0 Å². The van der Waals surface area contributed by atoms with Gasteiger partial charge in [-0.1, -0.05) is 97.1 Å². The molecule has 3 aromatic heterocycles. The maximum absolute atomic E-state index is 6.27. The first-order valence-corrected chi connectivity index (χ1v) is 16.1. The fourth-order valence-electron chi connectivity index (χ4n) is 7.23. The lowest BCUT2D eigenvalue weighted by atomic mass is 9.92. The summed E-state index contributed by atoms with van der Waals surface area (Å²) in [7, 11) is 0. The van der Waals surface area contributed by atoms with Crippen LogP contribution in [0.4, 0.5) is 0 Å². The highest BCUT2D eigenvalue weighted by Gasteiger charge is 2.28. The normalized spacial score (nSPS) is 16.5. The minimum Gasteiger partial charge on any atom is -0.456 e. The van der Waals surface area contributed by atoms with Crippen molar-refractivity contribution in [3.05, 3.63) is 162 Å². The van der Waals surface area contributed by atoms with E-state index < -0.39 is 0 Å². The Morgan fingerprint density at radius 1 is 0.521 bits per heavy atom. The van der Waals surface area contributed by atoms with Gasteiger partial charge in [-0.05, 0) is 75.5 Å². The molecule has 0 amide bonds. The molecule has 0 saturated carbocycles. The Bertz CT molecular complexity index is 2710. The Morgan fingerprint density at radius 3 is 2.12 bits per heavy atom. The highest BCUT2D eigenvalue weighted by atomic mass is 16.3. The van der Waals surface area contributed by atoms with E-state index in [2.05, 4.69) is 102 Å². The van der Waals surface area contributed by atoms with Gasteiger partial charge in [-0.25, -0.2) is 4.99 Å². The van der Waals surface area contributed by atoms with E-state index in [0.29, 0.717) is 0 Å². The average Bonchev–Trinajstić information content (AvgIpc) is 3.73. The Hall–Kier alpha value is -6.24. The molecule has 0 bridgehead atoms. The zero-order valence-corrected chi connectivity index (χ0v) is 25.7. The third-order valence-electron chi connectivity index (χ3n) is 9.40. The number of furan rings is 2. The molecule has 228 valence electrons. The molecule has 10 rings (SSSR count). The summed E-state index contributed by atoms with van der Waals surface area (Å²) in [6, 6.07) is 48.1. The van der Waals surface area contributed by atoms with Gasteiger partial charge in [0, 0.05) is 22.5 Å². The van der Waals surface area contributed by atoms with E-state index in [1.807, 2.05) is 54.7 Å². The van der Waals surface area contributed by atoms with E-state index in [1.165, 1.54) is 0 Å². The number of nitrogens with zero attached hydrogens (tertiary/aromatic N) is 2. The van der Waals surface area contributed by atoms with Crippen LogP contribution in [0.2, 0.25) is 0 Å². The third kappa shape index (κ3) is 4.24. The molecule has 1 aliphatic heterocycles. The second-order valence-corrected chi connectivity index (χ2v) is 12.2. The second kappa shape index (κ2) is 10.7. The standard InChI is InChI=1S/C42H28N4O2/c1-2-11-25(12-3-1)40-44-41(46-42(45-40)31-17-9-19-34-37(31)30-15-6-7-18-33(30)47-34)27-23-26-13-4-5-14-28(26)32(24-27)29-16-8-20-35-38(29)39-36(48-35)21-10-22-43-39/h1-24,40-41,44H,(H,45,46). The fraction of sp³-hybridized carbons (Fsp3) is 0.0476. The Labute approximate surface area is 275 Å². The van der Waals surface area contributed by atoms with Gasteiger partial charge >= 0.3 is 0 Å². The Morgan fingerprint density at radius 2 is 1.23 bits per heavy atom. The van der Waals surface area contributed by atoms with Crippen molar-refractivity contribution >= 4 is 60.6 Å². The van der Waals surface area contributed by atoms with E-state index in [1.54, 1.807) is 0 Å². The van der Waals surface area contributed by atoms with E-state index in [9.17, 15) is 0 Å². The maximum Gasteiger partial charge on any atom is 0.153 e. The van der Waals surface area contributed by atoms with Crippen molar-refractivity contribution < 1.29 is 8.83 Å². The molecule has 1 aliphatic rings. The molecule has 0 fully saturated rings. The van der Waals surface area contributed by atoms with Gasteiger partial charge in [0.1, 0.15) is 40.4 Å². The van der Waals surface area contributed by atoms with Gasteiger partial charge in [-0.3, -0.25) is 10.3 Å². The smallest absolute Gasteiger partial charge is 0.153 e. The highest BCUT2D eigenvalue weighted by Crippen LogP contribution is 2.41. The van der Waals surface area contributed by atoms with Crippen LogP contribution in [0.15, 0.2) is 160 Å². The Kier molecular flexibility index (Phi) is 5.98. The minimum atomic E-state index is -0.346. The lowest BCUT2D eigenvalue weighted by molar-refractivity contribution is 0.409.